The van der Waals surface area contributed by atoms with Crippen molar-refractivity contribution in [2.24, 2.45) is 0 Å². The maximum atomic E-state index is 12.2. The van der Waals surface area contributed by atoms with Crippen molar-refractivity contribution in [3.8, 4) is 0 Å². The molecule has 0 aromatic heterocycles. The van der Waals surface area contributed by atoms with Crippen LogP contribution in [0.15, 0.2) is 30.3 Å². The summed E-state index contributed by atoms with van der Waals surface area (Å²) in [5.74, 6) is -0.228. The van der Waals surface area contributed by atoms with Gasteiger partial charge >= 0.3 is 6.09 Å². The van der Waals surface area contributed by atoms with Gasteiger partial charge in [0.25, 0.3) is 0 Å². The number of benzene rings is 1. The van der Waals surface area contributed by atoms with Gasteiger partial charge in [0.1, 0.15) is 18.5 Å². The molecule has 0 aliphatic carbocycles. The number of hydrazine groups is 1. The lowest BCUT2D eigenvalue weighted by Gasteiger charge is -2.25. The molecule has 2 amide bonds. The molecule has 0 spiro atoms. The average Bonchev–Trinajstić information content (AvgIpc) is 2.45. The molecule has 0 unspecified atom stereocenters. The summed E-state index contributed by atoms with van der Waals surface area (Å²) in [6.07, 6.45) is 0.164. The molecular formula is C16H24N4O3. The van der Waals surface area contributed by atoms with Crippen LogP contribution in [0.3, 0.4) is 0 Å². The van der Waals surface area contributed by atoms with Gasteiger partial charge in [0.15, 0.2) is 0 Å². The number of hydrogen-bond acceptors (Lipinski definition) is 4. The van der Waals surface area contributed by atoms with Gasteiger partial charge in [-0.3, -0.25) is 15.2 Å². The molecule has 126 valence electrons. The Morgan fingerprint density at radius 2 is 1.87 bits per heavy atom. The minimum atomic E-state index is -0.709. The summed E-state index contributed by atoms with van der Waals surface area (Å²) in [5, 5.41) is 8.38. The van der Waals surface area contributed by atoms with Gasteiger partial charge in [-0.25, -0.2) is 10.2 Å². The van der Waals surface area contributed by atoms with Crippen molar-refractivity contribution in [1.82, 2.24) is 15.3 Å². The predicted molar refractivity (Wildman–Crippen MR) is 87.8 cm³/mol. The summed E-state index contributed by atoms with van der Waals surface area (Å²) in [5.41, 5.74) is 2.71. The number of rotatable bonds is 6. The van der Waals surface area contributed by atoms with Crippen molar-refractivity contribution in [3.05, 3.63) is 35.9 Å². The standard InChI is InChI=1S/C16H24N4O3/c1-16(2,3)23-15(22)18-20(12-17)11-14(21)19(4)10-13-8-6-5-7-9-13/h5-9,12,17H,10-11H2,1-4H3,(H,18,22). The zero-order chi connectivity index (χ0) is 17.5. The number of carbonyl (C=O) groups excluding carboxylic acids is 2. The highest BCUT2D eigenvalue weighted by Gasteiger charge is 2.19. The van der Waals surface area contributed by atoms with E-state index in [1.54, 1.807) is 27.8 Å². The summed E-state index contributed by atoms with van der Waals surface area (Å²) in [6, 6.07) is 9.57. The van der Waals surface area contributed by atoms with E-state index < -0.39 is 11.7 Å². The van der Waals surface area contributed by atoms with E-state index in [4.69, 9.17) is 10.1 Å². The molecule has 23 heavy (non-hydrogen) atoms. The van der Waals surface area contributed by atoms with Crippen molar-refractivity contribution < 1.29 is 14.3 Å². The largest absolute Gasteiger partial charge is 0.443 e. The molecule has 0 heterocycles. The fraction of sp³-hybridized carbons (Fsp3) is 0.438. The number of likely N-dealkylation sites (N-methyl/N-ethyl adjacent to an activating group) is 1. The number of ether oxygens (including phenoxy) is 1. The summed E-state index contributed by atoms with van der Waals surface area (Å²) >= 11 is 0. The predicted octanol–water partition coefficient (Wildman–Crippen LogP) is 1.99. The van der Waals surface area contributed by atoms with Gasteiger partial charge in [-0.05, 0) is 26.3 Å². The van der Waals surface area contributed by atoms with E-state index in [9.17, 15) is 9.59 Å². The van der Waals surface area contributed by atoms with Crippen LogP contribution in [0.1, 0.15) is 26.3 Å². The molecule has 0 bridgehead atoms. The smallest absolute Gasteiger partial charge is 0.426 e. The lowest BCUT2D eigenvalue weighted by Crippen LogP contribution is -2.48. The molecule has 1 aromatic rings. The highest BCUT2D eigenvalue weighted by atomic mass is 16.6. The molecule has 7 heteroatoms. The molecule has 1 rings (SSSR count). The third-order valence-corrected chi connectivity index (χ3v) is 2.78. The first-order valence-corrected chi connectivity index (χ1v) is 7.26. The fourth-order valence-corrected chi connectivity index (χ4v) is 1.75. The van der Waals surface area contributed by atoms with Crippen LogP contribution < -0.4 is 5.43 Å². The fourth-order valence-electron chi connectivity index (χ4n) is 1.75. The van der Waals surface area contributed by atoms with Gasteiger partial charge in [-0.1, -0.05) is 30.3 Å². The summed E-state index contributed by atoms with van der Waals surface area (Å²) in [7, 11) is 1.67. The van der Waals surface area contributed by atoms with Gasteiger partial charge in [0.2, 0.25) is 5.91 Å². The second kappa shape index (κ2) is 8.17. The lowest BCUT2D eigenvalue weighted by molar-refractivity contribution is -0.131. The highest BCUT2D eigenvalue weighted by Crippen LogP contribution is 2.07. The first-order chi connectivity index (χ1) is 10.7. The topological polar surface area (TPSA) is 85.7 Å². The van der Waals surface area contributed by atoms with Crippen molar-refractivity contribution in [3.63, 3.8) is 0 Å². The first kappa shape index (κ1) is 18.5. The molecule has 2 N–H and O–H groups in total. The van der Waals surface area contributed by atoms with E-state index in [1.807, 2.05) is 30.3 Å². The highest BCUT2D eigenvalue weighted by molar-refractivity contribution is 5.81. The summed E-state index contributed by atoms with van der Waals surface area (Å²) in [4.78, 5) is 25.4. The molecule has 7 nitrogen and oxygen atoms in total. The SMILES string of the molecule is CN(Cc1ccccc1)C(=O)CN(C=N)NC(=O)OC(C)(C)C. The molecule has 0 aliphatic rings. The maximum absolute atomic E-state index is 12.2. The minimum Gasteiger partial charge on any atom is -0.443 e. The molecule has 0 fully saturated rings. The van der Waals surface area contributed by atoms with E-state index in [1.165, 1.54) is 4.90 Å². The van der Waals surface area contributed by atoms with Crippen LogP contribution in [-0.4, -0.2) is 47.4 Å². The summed E-state index contributed by atoms with van der Waals surface area (Å²) < 4.78 is 5.09. The second-order valence-corrected chi connectivity index (χ2v) is 6.11. The molecule has 1 aromatic carbocycles. The van der Waals surface area contributed by atoms with E-state index in [0.717, 1.165) is 16.9 Å². The van der Waals surface area contributed by atoms with Crippen molar-refractivity contribution >= 4 is 18.3 Å². The van der Waals surface area contributed by atoms with E-state index >= 15 is 0 Å². The number of carbonyl (C=O) groups is 2. The van der Waals surface area contributed by atoms with Crippen molar-refractivity contribution in [2.45, 2.75) is 32.9 Å². The Morgan fingerprint density at radius 1 is 1.26 bits per heavy atom. The van der Waals surface area contributed by atoms with Crippen LogP contribution in [0, 0.1) is 5.41 Å². The number of nitrogens with one attached hydrogen (secondary N) is 2. The zero-order valence-electron chi connectivity index (χ0n) is 14.0. The second-order valence-electron chi connectivity index (χ2n) is 6.11. The summed E-state index contributed by atoms with van der Waals surface area (Å²) in [6.45, 7) is 5.52. The molecule has 0 radical (unpaired) electrons. The number of hydrogen-bond donors (Lipinski definition) is 2. The Balaban J connectivity index is 2.52. The van der Waals surface area contributed by atoms with E-state index in [0.29, 0.717) is 6.54 Å². The van der Waals surface area contributed by atoms with Crippen LogP contribution in [0.25, 0.3) is 0 Å². The van der Waals surface area contributed by atoms with Gasteiger partial charge in [0.05, 0.1) is 0 Å². The van der Waals surface area contributed by atoms with Crippen molar-refractivity contribution in [2.75, 3.05) is 13.6 Å². The Morgan fingerprint density at radius 3 is 2.39 bits per heavy atom. The van der Waals surface area contributed by atoms with Gasteiger partial charge in [-0.2, -0.15) is 0 Å². The zero-order valence-corrected chi connectivity index (χ0v) is 14.0. The number of amides is 2. The van der Waals surface area contributed by atoms with E-state index in [-0.39, 0.29) is 12.5 Å². The van der Waals surface area contributed by atoms with Crippen molar-refractivity contribution in [1.29, 1.82) is 5.41 Å². The van der Waals surface area contributed by atoms with Gasteiger partial charge in [-0.15, -0.1) is 0 Å². The van der Waals surface area contributed by atoms with E-state index in [2.05, 4.69) is 5.43 Å². The Hall–Kier alpha value is -2.57. The third kappa shape index (κ3) is 7.30. The van der Waals surface area contributed by atoms with Gasteiger partial charge in [0, 0.05) is 13.6 Å². The van der Waals surface area contributed by atoms with Crippen LogP contribution in [0.2, 0.25) is 0 Å². The number of nitrogens with zero attached hydrogens (tertiary/aromatic N) is 2. The normalized spacial score (nSPS) is 10.6. The monoisotopic (exact) mass is 320 g/mol. The van der Waals surface area contributed by atoms with Crippen LogP contribution >= 0.6 is 0 Å². The van der Waals surface area contributed by atoms with Gasteiger partial charge < -0.3 is 9.64 Å². The quantitative estimate of drug-likeness (QED) is 0.477. The molecule has 0 saturated heterocycles. The van der Waals surface area contributed by atoms with Crippen LogP contribution in [0.5, 0.6) is 0 Å². The minimum absolute atomic E-state index is 0.147. The Labute approximate surface area is 136 Å². The van der Waals surface area contributed by atoms with Crippen LogP contribution in [0.4, 0.5) is 4.79 Å². The Bertz CT molecular complexity index is 540. The molecule has 0 saturated carbocycles. The maximum Gasteiger partial charge on any atom is 0.426 e. The lowest BCUT2D eigenvalue weighted by atomic mass is 10.2. The average molecular weight is 320 g/mol. The Kier molecular flexibility index (Phi) is 6.56. The molecule has 0 aliphatic heterocycles. The van der Waals surface area contributed by atoms with Crippen LogP contribution in [-0.2, 0) is 16.1 Å². The third-order valence-electron chi connectivity index (χ3n) is 2.78. The molecular weight excluding hydrogens is 296 g/mol. The molecule has 0 atom stereocenters. The first-order valence-electron chi connectivity index (χ1n) is 7.26.